The smallest absolute Gasteiger partial charge is 0.326 e. The monoisotopic (exact) mass is 284 g/mol. The first-order chi connectivity index (χ1) is 9.63. The van der Waals surface area contributed by atoms with Crippen LogP contribution in [0.15, 0.2) is 12.4 Å². The van der Waals surface area contributed by atoms with E-state index in [0.29, 0.717) is 6.54 Å². The van der Waals surface area contributed by atoms with Crippen molar-refractivity contribution in [2.75, 3.05) is 20.3 Å². The zero-order valence-corrected chi connectivity index (χ0v) is 11.4. The summed E-state index contributed by atoms with van der Waals surface area (Å²) in [4.78, 5) is 29.5. The number of carbonyl (C=O) groups excluding carboxylic acids is 1. The van der Waals surface area contributed by atoms with Crippen LogP contribution in [-0.2, 0) is 16.0 Å². The summed E-state index contributed by atoms with van der Waals surface area (Å²) in [6.07, 6.45) is 5.08. The predicted molar refractivity (Wildman–Crippen MR) is 71.4 cm³/mol. The molecule has 0 spiro atoms. The van der Waals surface area contributed by atoms with E-state index in [4.69, 9.17) is 9.84 Å². The molecule has 8 nitrogen and oxygen atoms in total. The molecule has 0 aliphatic carbocycles. The number of carboxylic acid groups (broad SMARTS) is 1. The fraction of sp³-hybridized carbons (Fsp3) is 0.583. The van der Waals surface area contributed by atoms with Crippen LogP contribution in [0.1, 0.15) is 18.7 Å². The highest BCUT2D eigenvalue weighted by Crippen LogP contribution is 1.95. The lowest BCUT2D eigenvalue weighted by Crippen LogP contribution is -2.46. The van der Waals surface area contributed by atoms with E-state index in [1.54, 1.807) is 12.4 Å². The number of imidazole rings is 1. The molecule has 1 heterocycles. The van der Waals surface area contributed by atoms with E-state index in [9.17, 15) is 9.59 Å². The minimum Gasteiger partial charge on any atom is -0.480 e. The molecule has 0 saturated carbocycles. The van der Waals surface area contributed by atoms with Crippen LogP contribution in [0.3, 0.4) is 0 Å². The normalized spacial score (nSPS) is 11.8. The Labute approximate surface area is 116 Å². The number of carbonyl (C=O) groups is 2. The highest BCUT2D eigenvalue weighted by atomic mass is 16.5. The highest BCUT2D eigenvalue weighted by molar-refractivity contribution is 5.82. The number of nitrogens with one attached hydrogen (secondary N) is 3. The Hall–Kier alpha value is -2.09. The number of hydrogen-bond donors (Lipinski definition) is 4. The van der Waals surface area contributed by atoms with Crippen LogP contribution in [0.2, 0.25) is 0 Å². The Morgan fingerprint density at radius 3 is 2.95 bits per heavy atom. The van der Waals surface area contributed by atoms with Gasteiger partial charge in [-0.25, -0.2) is 14.6 Å². The summed E-state index contributed by atoms with van der Waals surface area (Å²) in [7, 11) is 1.48. The predicted octanol–water partition coefficient (Wildman–Crippen LogP) is 0.131. The quantitative estimate of drug-likeness (QED) is 0.481. The average molecular weight is 284 g/mol. The average Bonchev–Trinajstić information content (AvgIpc) is 2.92. The van der Waals surface area contributed by atoms with Crippen LogP contribution in [0.25, 0.3) is 0 Å². The number of hydrogen-bond acceptors (Lipinski definition) is 4. The van der Waals surface area contributed by atoms with Gasteiger partial charge in [-0.05, 0) is 6.42 Å². The SMILES string of the molecule is COCCC(NC(=O)NCCCc1ncc[nH]1)C(=O)O. The van der Waals surface area contributed by atoms with Crippen LogP contribution >= 0.6 is 0 Å². The Balaban J connectivity index is 2.18. The molecule has 0 aliphatic rings. The van der Waals surface area contributed by atoms with Gasteiger partial charge in [0.15, 0.2) is 0 Å². The summed E-state index contributed by atoms with van der Waals surface area (Å²) in [5.41, 5.74) is 0. The Bertz CT molecular complexity index is 408. The molecule has 8 heteroatoms. The number of aliphatic carboxylic acids is 1. The van der Waals surface area contributed by atoms with Crippen molar-refractivity contribution in [1.29, 1.82) is 0 Å². The number of carboxylic acids is 1. The van der Waals surface area contributed by atoms with Crippen molar-refractivity contribution < 1.29 is 19.4 Å². The van der Waals surface area contributed by atoms with E-state index in [2.05, 4.69) is 20.6 Å². The second-order valence-corrected chi connectivity index (χ2v) is 4.21. The third-order valence-corrected chi connectivity index (χ3v) is 2.64. The first kappa shape index (κ1) is 16.0. The maximum absolute atomic E-state index is 11.5. The summed E-state index contributed by atoms with van der Waals surface area (Å²) in [6, 6.07) is -1.44. The molecule has 0 saturated heterocycles. The summed E-state index contributed by atoms with van der Waals surface area (Å²) in [6.45, 7) is 0.721. The van der Waals surface area contributed by atoms with Gasteiger partial charge in [0.25, 0.3) is 0 Å². The Morgan fingerprint density at radius 1 is 1.55 bits per heavy atom. The van der Waals surface area contributed by atoms with Crippen molar-refractivity contribution in [1.82, 2.24) is 20.6 Å². The fourth-order valence-corrected chi connectivity index (χ4v) is 1.59. The molecule has 0 bridgehead atoms. The molecule has 0 fully saturated rings. The van der Waals surface area contributed by atoms with Gasteiger partial charge in [-0.2, -0.15) is 0 Å². The molecule has 1 aromatic heterocycles. The van der Waals surface area contributed by atoms with E-state index in [1.807, 2.05) is 0 Å². The molecule has 0 aliphatic heterocycles. The van der Waals surface area contributed by atoms with Crippen molar-refractivity contribution in [3.63, 3.8) is 0 Å². The van der Waals surface area contributed by atoms with Gasteiger partial charge < -0.3 is 25.5 Å². The molecule has 1 unspecified atom stereocenters. The van der Waals surface area contributed by atoms with Crippen molar-refractivity contribution in [2.24, 2.45) is 0 Å². The largest absolute Gasteiger partial charge is 0.480 e. The summed E-state index contributed by atoms with van der Waals surface area (Å²) < 4.78 is 4.80. The maximum Gasteiger partial charge on any atom is 0.326 e. The standard InChI is InChI=1S/C12H20N4O4/c1-20-8-4-9(11(17)18)16-12(19)15-5-2-3-10-13-6-7-14-10/h6-7,9H,2-5,8H2,1H3,(H,13,14)(H,17,18)(H2,15,16,19). The van der Waals surface area contributed by atoms with Crippen LogP contribution in [0.5, 0.6) is 0 Å². The molecular weight excluding hydrogens is 264 g/mol. The number of aryl methyl sites for hydroxylation is 1. The van der Waals surface area contributed by atoms with Gasteiger partial charge in [0.1, 0.15) is 11.9 Å². The number of aromatic amines is 1. The summed E-state index contributed by atoms with van der Waals surface area (Å²) in [5, 5.41) is 13.9. The van der Waals surface area contributed by atoms with E-state index < -0.39 is 18.0 Å². The molecule has 1 rings (SSSR count). The lowest BCUT2D eigenvalue weighted by Gasteiger charge is -2.14. The van der Waals surface area contributed by atoms with Crippen LogP contribution in [0.4, 0.5) is 4.79 Å². The van der Waals surface area contributed by atoms with Gasteiger partial charge in [0, 0.05) is 45.5 Å². The molecule has 0 aromatic carbocycles. The van der Waals surface area contributed by atoms with Gasteiger partial charge in [-0.15, -0.1) is 0 Å². The minimum absolute atomic E-state index is 0.228. The van der Waals surface area contributed by atoms with Crippen LogP contribution < -0.4 is 10.6 Å². The molecule has 2 amide bonds. The van der Waals surface area contributed by atoms with Crippen molar-refractivity contribution >= 4 is 12.0 Å². The van der Waals surface area contributed by atoms with Gasteiger partial charge in [0.2, 0.25) is 0 Å². The van der Waals surface area contributed by atoms with E-state index in [1.165, 1.54) is 7.11 Å². The number of methoxy groups -OCH3 is 1. The number of H-pyrrole nitrogens is 1. The van der Waals surface area contributed by atoms with Crippen LogP contribution in [-0.4, -0.2) is 53.4 Å². The number of amides is 2. The second kappa shape index (κ2) is 8.92. The molecule has 1 aromatic rings. The molecule has 1 atom stereocenters. The zero-order valence-electron chi connectivity index (χ0n) is 11.4. The number of ether oxygens (including phenoxy) is 1. The van der Waals surface area contributed by atoms with E-state index >= 15 is 0 Å². The van der Waals surface area contributed by atoms with Crippen molar-refractivity contribution in [3.8, 4) is 0 Å². The highest BCUT2D eigenvalue weighted by Gasteiger charge is 2.19. The number of urea groups is 1. The second-order valence-electron chi connectivity index (χ2n) is 4.21. The van der Waals surface area contributed by atoms with Gasteiger partial charge in [0.05, 0.1) is 0 Å². The zero-order chi connectivity index (χ0) is 14.8. The number of aromatic nitrogens is 2. The molecule has 112 valence electrons. The maximum atomic E-state index is 11.5. The first-order valence-electron chi connectivity index (χ1n) is 6.38. The molecule has 0 radical (unpaired) electrons. The fourth-order valence-electron chi connectivity index (χ4n) is 1.59. The van der Waals surface area contributed by atoms with Gasteiger partial charge in [-0.3, -0.25) is 0 Å². The Morgan fingerprint density at radius 2 is 2.35 bits per heavy atom. The van der Waals surface area contributed by atoms with Crippen molar-refractivity contribution in [3.05, 3.63) is 18.2 Å². The summed E-state index contributed by atoms with van der Waals surface area (Å²) in [5.74, 6) is -0.219. The third-order valence-electron chi connectivity index (χ3n) is 2.64. The van der Waals surface area contributed by atoms with Crippen LogP contribution in [0, 0.1) is 0 Å². The minimum atomic E-state index is -1.08. The van der Waals surface area contributed by atoms with Gasteiger partial charge in [-0.1, -0.05) is 0 Å². The molecule has 4 N–H and O–H groups in total. The molecule has 20 heavy (non-hydrogen) atoms. The first-order valence-corrected chi connectivity index (χ1v) is 6.38. The topological polar surface area (TPSA) is 116 Å². The number of rotatable bonds is 9. The lowest BCUT2D eigenvalue weighted by atomic mass is 10.2. The number of nitrogens with zero attached hydrogens (tertiary/aromatic N) is 1. The third kappa shape index (κ3) is 6.19. The Kier molecular flexibility index (Phi) is 7.12. The lowest BCUT2D eigenvalue weighted by molar-refractivity contribution is -0.139. The van der Waals surface area contributed by atoms with Gasteiger partial charge >= 0.3 is 12.0 Å². The van der Waals surface area contributed by atoms with Crippen molar-refractivity contribution in [2.45, 2.75) is 25.3 Å². The van der Waals surface area contributed by atoms with E-state index in [-0.39, 0.29) is 13.0 Å². The molecular formula is C12H20N4O4. The summed E-state index contributed by atoms with van der Waals surface area (Å²) >= 11 is 0. The van der Waals surface area contributed by atoms with E-state index in [0.717, 1.165) is 18.7 Å².